The Labute approximate surface area is 208 Å². The molecule has 11 heteroatoms. The van der Waals surface area contributed by atoms with Crippen molar-refractivity contribution in [2.75, 3.05) is 12.9 Å². The van der Waals surface area contributed by atoms with E-state index >= 15 is 0 Å². The van der Waals surface area contributed by atoms with Crippen molar-refractivity contribution in [1.82, 2.24) is 14.1 Å². The summed E-state index contributed by atoms with van der Waals surface area (Å²) in [4.78, 5) is 19.7. The zero-order valence-electron chi connectivity index (χ0n) is 19.4. The number of nitrogens with one attached hydrogen (secondary N) is 1. The van der Waals surface area contributed by atoms with Gasteiger partial charge in [0.05, 0.1) is 19.8 Å². The maximum atomic E-state index is 12.4. The fourth-order valence-corrected chi connectivity index (χ4v) is 5.86. The second-order valence-corrected chi connectivity index (χ2v) is 10.8. The van der Waals surface area contributed by atoms with Crippen LogP contribution in [0.2, 0.25) is 0 Å². The van der Waals surface area contributed by atoms with Crippen LogP contribution in [0.25, 0.3) is 26.8 Å². The molecular weight excluding hydrogens is 488 g/mol. The Bertz CT molecular complexity index is 1410. The van der Waals surface area contributed by atoms with Crippen molar-refractivity contribution in [2.45, 2.75) is 38.8 Å². The minimum Gasteiger partial charge on any atom is -0.502 e. The summed E-state index contributed by atoms with van der Waals surface area (Å²) >= 11 is 1.23. The molecule has 1 aliphatic carbocycles. The lowest BCUT2D eigenvalue weighted by molar-refractivity contribution is -0.137. The van der Waals surface area contributed by atoms with Crippen molar-refractivity contribution in [1.29, 1.82) is 0 Å². The Balaban J connectivity index is 1.60. The first-order valence-corrected chi connectivity index (χ1v) is 13.3. The Morgan fingerprint density at radius 3 is 2.83 bits per heavy atom. The van der Waals surface area contributed by atoms with Crippen LogP contribution in [0.4, 0.5) is 5.69 Å². The fourth-order valence-electron chi connectivity index (χ4n) is 4.00. The summed E-state index contributed by atoms with van der Waals surface area (Å²) in [5.74, 6) is -0.453. The maximum absolute atomic E-state index is 12.4. The van der Waals surface area contributed by atoms with Gasteiger partial charge in [-0.05, 0) is 61.5 Å². The summed E-state index contributed by atoms with van der Waals surface area (Å²) in [6.45, 7) is 11.3. The molecule has 0 unspecified atom stereocenters. The zero-order chi connectivity index (χ0) is 25.2. The number of benzene rings is 2. The van der Waals surface area contributed by atoms with E-state index in [1.807, 2.05) is 38.1 Å². The van der Waals surface area contributed by atoms with Gasteiger partial charge >= 0.3 is 5.97 Å². The third-order valence-corrected chi connectivity index (χ3v) is 7.51. The van der Waals surface area contributed by atoms with Crippen LogP contribution in [-0.4, -0.2) is 42.7 Å². The highest BCUT2D eigenvalue weighted by atomic mass is 32.2. The monoisotopic (exact) mass is 512 g/mol. The maximum Gasteiger partial charge on any atom is 0.322 e. The largest absolute Gasteiger partial charge is 0.502 e. The highest BCUT2D eigenvalue weighted by molar-refractivity contribution is 7.90. The predicted molar refractivity (Wildman–Crippen MR) is 133 cm³/mol. The van der Waals surface area contributed by atoms with Crippen molar-refractivity contribution in [3.63, 3.8) is 0 Å². The van der Waals surface area contributed by atoms with Gasteiger partial charge in [-0.15, -0.1) is 0 Å². The lowest BCUT2D eigenvalue weighted by Crippen LogP contribution is -2.33. The Hall–Kier alpha value is -3.33. The first kappa shape index (κ1) is 24.8. The van der Waals surface area contributed by atoms with Gasteiger partial charge < -0.3 is 9.47 Å². The second kappa shape index (κ2) is 10.1. The number of carbonyl (C=O) groups excluding carboxylic acids is 1. The SMILES string of the molecule is [C-]#[N+]c1cc(-c2nc(-c3cccc4c3CC[C@@H]4NS(=O)(=O)CC(=O)OC)ns2)ccc1OC(C)C. The second-order valence-electron chi connectivity index (χ2n) is 8.30. The Kier molecular flexibility index (Phi) is 7.16. The molecule has 0 aliphatic heterocycles. The van der Waals surface area contributed by atoms with Crippen molar-refractivity contribution in [2.24, 2.45) is 0 Å². The van der Waals surface area contributed by atoms with Gasteiger partial charge in [-0.25, -0.2) is 23.0 Å². The summed E-state index contributed by atoms with van der Waals surface area (Å²) in [7, 11) is -2.68. The van der Waals surface area contributed by atoms with Crippen LogP contribution in [0, 0.1) is 6.57 Å². The van der Waals surface area contributed by atoms with Gasteiger partial charge in [0.2, 0.25) is 15.7 Å². The Morgan fingerprint density at radius 2 is 2.11 bits per heavy atom. The molecule has 0 bridgehead atoms. The van der Waals surface area contributed by atoms with Crippen LogP contribution < -0.4 is 9.46 Å². The lowest BCUT2D eigenvalue weighted by Gasteiger charge is -2.14. The number of hydrogen-bond donors (Lipinski definition) is 1. The number of esters is 1. The molecular formula is C24H24N4O5S2. The van der Waals surface area contributed by atoms with E-state index in [-0.39, 0.29) is 6.10 Å². The summed E-state index contributed by atoms with van der Waals surface area (Å²) in [5.41, 5.74) is 3.85. The van der Waals surface area contributed by atoms with E-state index in [0.29, 0.717) is 35.1 Å². The summed E-state index contributed by atoms with van der Waals surface area (Å²) < 4.78 is 42.0. The van der Waals surface area contributed by atoms with E-state index in [1.54, 1.807) is 12.1 Å². The summed E-state index contributed by atoms with van der Waals surface area (Å²) in [5, 5.41) is 0.673. The fraction of sp³-hybridized carbons (Fsp3) is 0.333. The number of hydrogen-bond acceptors (Lipinski definition) is 8. The third-order valence-electron chi connectivity index (χ3n) is 5.48. The molecule has 9 nitrogen and oxygen atoms in total. The van der Waals surface area contributed by atoms with E-state index in [9.17, 15) is 13.2 Å². The number of aromatic nitrogens is 2. The molecule has 1 heterocycles. The molecule has 0 saturated heterocycles. The van der Waals surface area contributed by atoms with Gasteiger partial charge in [0.25, 0.3) is 0 Å². The molecule has 0 radical (unpaired) electrons. The van der Waals surface area contributed by atoms with Gasteiger partial charge in [-0.2, -0.15) is 4.37 Å². The minimum absolute atomic E-state index is 0.0385. The molecule has 182 valence electrons. The number of sulfonamides is 1. The first-order valence-electron chi connectivity index (χ1n) is 10.9. The highest BCUT2D eigenvalue weighted by Crippen LogP contribution is 2.39. The number of fused-ring (bicyclic) bond motifs is 1. The molecule has 0 spiro atoms. The van der Waals surface area contributed by atoms with Crippen LogP contribution >= 0.6 is 11.5 Å². The normalized spacial score (nSPS) is 15.0. The number of carbonyl (C=O) groups is 1. The van der Waals surface area contributed by atoms with Crippen molar-refractivity contribution >= 4 is 33.2 Å². The first-order chi connectivity index (χ1) is 16.7. The van der Waals surface area contributed by atoms with Gasteiger partial charge in [-0.3, -0.25) is 4.79 Å². The van der Waals surface area contributed by atoms with Crippen LogP contribution in [-0.2, 0) is 26.0 Å². The minimum atomic E-state index is -3.83. The predicted octanol–water partition coefficient (Wildman–Crippen LogP) is 4.29. The highest BCUT2D eigenvalue weighted by Gasteiger charge is 2.30. The van der Waals surface area contributed by atoms with Crippen molar-refractivity contribution in [3.8, 4) is 27.7 Å². The molecule has 2 aromatic carbocycles. The van der Waals surface area contributed by atoms with E-state index in [2.05, 4.69) is 18.7 Å². The number of nitrogens with zero attached hydrogens (tertiary/aromatic N) is 3. The quantitative estimate of drug-likeness (QED) is 0.354. The molecule has 0 amide bonds. The van der Waals surface area contributed by atoms with Gasteiger partial charge in [0.1, 0.15) is 10.8 Å². The topological polar surface area (TPSA) is 112 Å². The number of methoxy groups -OCH3 is 1. The molecule has 1 N–H and O–H groups in total. The summed E-state index contributed by atoms with van der Waals surface area (Å²) in [6.07, 6.45) is 1.17. The molecule has 0 saturated carbocycles. The summed E-state index contributed by atoms with van der Waals surface area (Å²) in [6, 6.07) is 10.6. The average molecular weight is 513 g/mol. The molecule has 35 heavy (non-hydrogen) atoms. The van der Waals surface area contributed by atoms with Crippen molar-refractivity contribution < 1.29 is 22.7 Å². The van der Waals surface area contributed by atoms with E-state index < -0.39 is 27.8 Å². The van der Waals surface area contributed by atoms with Gasteiger partial charge in [0.15, 0.2) is 11.6 Å². The molecule has 1 atom stereocenters. The third kappa shape index (κ3) is 5.51. The molecule has 1 aliphatic rings. The van der Waals surface area contributed by atoms with E-state index in [4.69, 9.17) is 16.3 Å². The van der Waals surface area contributed by atoms with Crippen LogP contribution in [0.1, 0.15) is 37.4 Å². The zero-order valence-corrected chi connectivity index (χ0v) is 21.1. The Morgan fingerprint density at radius 1 is 1.31 bits per heavy atom. The van der Waals surface area contributed by atoms with Crippen LogP contribution in [0.5, 0.6) is 5.75 Å². The van der Waals surface area contributed by atoms with E-state index in [0.717, 1.165) is 29.4 Å². The van der Waals surface area contributed by atoms with E-state index in [1.165, 1.54) is 11.5 Å². The smallest absolute Gasteiger partial charge is 0.322 e. The van der Waals surface area contributed by atoms with Gasteiger partial charge in [-0.1, -0.05) is 24.3 Å². The molecule has 1 aromatic heterocycles. The molecule has 3 aromatic rings. The lowest BCUT2D eigenvalue weighted by atomic mass is 10.0. The molecule has 4 rings (SSSR count). The average Bonchev–Trinajstić information content (AvgIpc) is 3.46. The number of ether oxygens (including phenoxy) is 2. The molecule has 0 fully saturated rings. The standard InChI is InChI=1S/C24H24N4O5S2/c1-14(2)33-21-11-8-15(12-20(21)25-3)24-26-23(27-34-24)18-7-5-6-17-16(18)9-10-19(17)28-35(30,31)13-22(29)32-4/h5-8,11-12,14,19,28H,9-10,13H2,1-2,4H3/t19-/m0/s1. The van der Waals surface area contributed by atoms with Crippen molar-refractivity contribution in [3.05, 3.63) is 58.9 Å². The van der Waals surface area contributed by atoms with Crippen LogP contribution in [0.15, 0.2) is 36.4 Å². The number of rotatable bonds is 8. The van der Waals surface area contributed by atoms with Gasteiger partial charge in [0, 0.05) is 17.2 Å². The van der Waals surface area contributed by atoms with Crippen LogP contribution in [0.3, 0.4) is 0 Å².